The normalized spacial score (nSPS) is 12.0. The molecule has 0 unspecified atom stereocenters. The van der Waals surface area contributed by atoms with Gasteiger partial charge in [-0.1, -0.05) is 0 Å². The third-order valence-electron chi connectivity index (χ3n) is 2.43. The highest BCUT2D eigenvalue weighted by Crippen LogP contribution is 2.07. The first-order valence-corrected chi connectivity index (χ1v) is 6.04. The molecule has 0 aliphatic rings. The van der Waals surface area contributed by atoms with Crippen LogP contribution in [0.2, 0.25) is 0 Å². The monoisotopic (exact) mass is 241 g/mol. The Labute approximate surface area is 103 Å². The summed E-state index contributed by atoms with van der Waals surface area (Å²) in [4.78, 5) is 0. The number of hydrogen-bond donors (Lipinski definition) is 2. The van der Waals surface area contributed by atoms with Crippen molar-refractivity contribution in [1.29, 1.82) is 0 Å². The van der Waals surface area contributed by atoms with Crippen molar-refractivity contribution >= 4 is 0 Å². The van der Waals surface area contributed by atoms with Gasteiger partial charge >= 0.3 is 0 Å². The molecule has 0 aliphatic heterocycles. The van der Waals surface area contributed by atoms with E-state index in [1.165, 1.54) is 0 Å². The number of hydrogen-bond acceptors (Lipinski definition) is 4. The van der Waals surface area contributed by atoms with Crippen LogP contribution in [0.3, 0.4) is 0 Å². The van der Waals surface area contributed by atoms with Crippen LogP contribution >= 0.6 is 0 Å². The molecular formula is C12H23N3O2. The van der Waals surface area contributed by atoms with Gasteiger partial charge < -0.3 is 15.2 Å². The zero-order valence-electron chi connectivity index (χ0n) is 10.9. The number of aromatic nitrogens is 2. The topological polar surface area (TPSA) is 59.3 Å². The highest BCUT2D eigenvalue weighted by atomic mass is 16.5. The Kier molecular flexibility index (Phi) is 5.61. The second-order valence-corrected chi connectivity index (χ2v) is 4.63. The van der Waals surface area contributed by atoms with Crippen molar-refractivity contribution in [3.05, 3.63) is 18.0 Å². The molecule has 1 heterocycles. The summed E-state index contributed by atoms with van der Waals surface area (Å²) >= 11 is 0. The van der Waals surface area contributed by atoms with Gasteiger partial charge in [0, 0.05) is 31.5 Å². The Morgan fingerprint density at radius 3 is 2.94 bits per heavy atom. The average molecular weight is 241 g/mol. The Bertz CT molecular complexity index is 323. The molecule has 5 heteroatoms. The second-order valence-electron chi connectivity index (χ2n) is 4.63. The third-order valence-corrected chi connectivity index (χ3v) is 2.43. The highest BCUT2D eigenvalue weighted by molar-refractivity contribution is 5.03. The molecule has 0 aliphatic carbocycles. The van der Waals surface area contributed by atoms with Gasteiger partial charge in [0.1, 0.15) is 0 Å². The van der Waals surface area contributed by atoms with E-state index in [9.17, 15) is 0 Å². The van der Waals surface area contributed by atoms with E-state index >= 15 is 0 Å². The Morgan fingerprint density at radius 1 is 1.53 bits per heavy atom. The number of aliphatic hydroxyl groups excluding tert-OH is 1. The lowest BCUT2D eigenvalue weighted by molar-refractivity contribution is -0.00897. The van der Waals surface area contributed by atoms with Crippen LogP contribution in [0.4, 0.5) is 0 Å². The molecule has 5 nitrogen and oxygen atoms in total. The Hall–Kier alpha value is -0.910. The van der Waals surface area contributed by atoms with Gasteiger partial charge in [-0.15, -0.1) is 0 Å². The molecule has 0 amide bonds. The maximum atomic E-state index is 8.78. The van der Waals surface area contributed by atoms with Crippen LogP contribution in [0.1, 0.15) is 26.3 Å². The highest BCUT2D eigenvalue weighted by Gasteiger charge is 2.16. The van der Waals surface area contributed by atoms with Gasteiger partial charge in [0.2, 0.25) is 0 Å². The molecule has 0 fully saturated rings. The minimum atomic E-state index is -0.143. The predicted molar refractivity (Wildman–Crippen MR) is 66.7 cm³/mol. The molecule has 2 N–H and O–H groups in total. The van der Waals surface area contributed by atoms with Crippen molar-refractivity contribution in [2.75, 3.05) is 19.8 Å². The number of nitrogens with one attached hydrogen (secondary N) is 1. The molecule has 0 aromatic carbocycles. The summed E-state index contributed by atoms with van der Waals surface area (Å²) in [5, 5.41) is 16.3. The maximum absolute atomic E-state index is 8.78. The summed E-state index contributed by atoms with van der Waals surface area (Å²) in [7, 11) is 0. The second kappa shape index (κ2) is 6.74. The van der Waals surface area contributed by atoms with E-state index < -0.39 is 0 Å². The molecule has 0 atom stereocenters. The first kappa shape index (κ1) is 14.2. The molecule has 17 heavy (non-hydrogen) atoms. The fourth-order valence-electron chi connectivity index (χ4n) is 1.67. The minimum Gasteiger partial charge on any atom is -0.394 e. The van der Waals surface area contributed by atoms with Crippen molar-refractivity contribution in [3.63, 3.8) is 0 Å². The smallest absolute Gasteiger partial charge is 0.0750 e. The van der Waals surface area contributed by atoms with Gasteiger partial charge in [0.05, 0.1) is 24.9 Å². The number of nitrogens with zero attached hydrogens (tertiary/aromatic N) is 2. The van der Waals surface area contributed by atoms with E-state index in [-0.39, 0.29) is 12.2 Å². The molecule has 0 saturated carbocycles. The third kappa shape index (κ3) is 5.30. The summed E-state index contributed by atoms with van der Waals surface area (Å²) < 4.78 is 7.34. The minimum absolute atomic E-state index is 0.117. The Balaban J connectivity index is 2.30. The van der Waals surface area contributed by atoms with Crippen LogP contribution in [0.15, 0.2) is 12.4 Å². The number of aliphatic hydroxyl groups is 1. The van der Waals surface area contributed by atoms with Crippen LogP contribution in [0.25, 0.3) is 0 Å². The van der Waals surface area contributed by atoms with Gasteiger partial charge in [-0.25, -0.2) is 0 Å². The largest absolute Gasteiger partial charge is 0.394 e. The van der Waals surface area contributed by atoms with Gasteiger partial charge in [-0.2, -0.15) is 5.10 Å². The Morgan fingerprint density at radius 2 is 2.29 bits per heavy atom. The van der Waals surface area contributed by atoms with Crippen molar-refractivity contribution in [2.24, 2.45) is 0 Å². The fourth-order valence-corrected chi connectivity index (χ4v) is 1.67. The van der Waals surface area contributed by atoms with Crippen LogP contribution in [0, 0.1) is 0 Å². The molecule has 0 bridgehead atoms. The van der Waals surface area contributed by atoms with Crippen LogP contribution in [-0.4, -0.2) is 40.2 Å². The van der Waals surface area contributed by atoms with Crippen molar-refractivity contribution in [3.8, 4) is 0 Å². The number of rotatable bonds is 8. The van der Waals surface area contributed by atoms with Crippen LogP contribution in [-0.2, 0) is 17.8 Å². The first-order chi connectivity index (χ1) is 8.07. The molecule has 1 aromatic rings. The zero-order valence-corrected chi connectivity index (χ0v) is 10.9. The molecule has 1 rings (SSSR count). The predicted octanol–water partition coefficient (Wildman–Crippen LogP) is 0.780. The summed E-state index contributed by atoms with van der Waals surface area (Å²) in [6.07, 6.45) is 3.76. The van der Waals surface area contributed by atoms with Gasteiger partial charge in [-0.3, -0.25) is 4.68 Å². The quantitative estimate of drug-likeness (QED) is 0.706. The van der Waals surface area contributed by atoms with E-state index in [0.717, 1.165) is 25.3 Å². The lowest BCUT2D eigenvalue weighted by Crippen LogP contribution is -2.37. The SMILES string of the molecule is CCOC(C)(C)CNCc1cnn(CCO)c1. The van der Waals surface area contributed by atoms with E-state index in [0.29, 0.717) is 6.54 Å². The molecule has 0 radical (unpaired) electrons. The van der Waals surface area contributed by atoms with Crippen molar-refractivity contribution in [2.45, 2.75) is 39.5 Å². The molecule has 0 saturated heterocycles. The van der Waals surface area contributed by atoms with E-state index in [1.54, 1.807) is 4.68 Å². The maximum Gasteiger partial charge on any atom is 0.0750 e. The lowest BCUT2D eigenvalue weighted by atomic mass is 10.1. The summed E-state index contributed by atoms with van der Waals surface area (Å²) in [5.74, 6) is 0. The number of ether oxygens (including phenoxy) is 1. The standard InChI is InChI=1S/C12H23N3O2/c1-4-17-12(2,3)10-13-7-11-8-14-15(9-11)5-6-16/h8-9,13,16H,4-7,10H2,1-3H3. The van der Waals surface area contributed by atoms with E-state index in [4.69, 9.17) is 9.84 Å². The van der Waals surface area contributed by atoms with E-state index in [1.807, 2.05) is 19.3 Å². The lowest BCUT2D eigenvalue weighted by Gasteiger charge is -2.24. The van der Waals surface area contributed by atoms with Crippen molar-refractivity contribution in [1.82, 2.24) is 15.1 Å². The molecule has 98 valence electrons. The van der Waals surface area contributed by atoms with Gasteiger partial charge in [0.15, 0.2) is 0 Å². The molecular weight excluding hydrogens is 218 g/mol. The van der Waals surface area contributed by atoms with Crippen molar-refractivity contribution < 1.29 is 9.84 Å². The average Bonchev–Trinajstić information content (AvgIpc) is 2.66. The van der Waals surface area contributed by atoms with Gasteiger partial charge in [0.25, 0.3) is 0 Å². The fraction of sp³-hybridized carbons (Fsp3) is 0.750. The molecule has 1 aromatic heterocycles. The summed E-state index contributed by atoms with van der Waals surface area (Å²) in [6.45, 7) is 9.09. The summed E-state index contributed by atoms with van der Waals surface area (Å²) in [6, 6.07) is 0. The van der Waals surface area contributed by atoms with Gasteiger partial charge in [-0.05, 0) is 20.8 Å². The van der Waals surface area contributed by atoms with Crippen LogP contribution in [0.5, 0.6) is 0 Å². The molecule has 0 spiro atoms. The van der Waals surface area contributed by atoms with Crippen LogP contribution < -0.4 is 5.32 Å². The first-order valence-electron chi connectivity index (χ1n) is 6.04. The summed E-state index contributed by atoms with van der Waals surface area (Å²) in [5.41, 5.74) is 0.973. The van der Waals surface area contributed by atoms with E-state index in [2.05, 4.69) is 24.3 Å². The zero-order chi connectivity index (χ0) is 12.7.